The van der Waals surface area contributed by atoms with E-state index in [0.717, 1.165) is 38.1 Å². The molecule has 0 aromatic heterocycles. The van der Waals surface area contributed by atoms with Gasteiger partial charge in [-0.25, -0.2) is 13.2 Å². The molecule has 4 atom stereocenters. The number of anilines is 1. The number of aliphatic imine (C=N–C) groups is 1. The molecule has 3 heterocycles. The van der Waals surface area contributed by atoms with Crippen LogP contribution in [-0.4, -0.2) is 55.7 Å². The number of hydrogen-bond acceptors (Lipinski definition) is 3. The molecule has 3 aliphatic heterocycles. The van der Waals surface area contributed by atoms with Gasteiger partial charge >= 0.3 is 0 Å². The molecular formula is C18H21F3N4O2. The van der Waals surface area contributed by atoms with Crippen LogP contribution >= 0.6 is 0 Å². The molecule has 3 saturated heterocycles. The molecule has 3 aliphatic rings. The molecule has 0 radical (unpaired) electrons. The van der Waals surface area contributed by atoms with E-state index in [1.807, 2.05) is 0 Å². The zero-order valence-corrected chi connectivity index (χ0v) is 14.8. The fourth-order valence-electron chi connectivity index (χ4n) is 4.44. The lowest BCUT2D eigenvalue weighted by Gasteiger charge is -2.23. The second kappa shape index (κ2) is 7.03. The number of rotatable bonds is 3. The number of nitrogens with zero attached hydrogens (tertiary/aromatic N) is 2. The number of guanidine groups is 1. The summed E-state index contributed by atoms with van der Waals surface area (Å²) in [5.74, 6) is -3.34. The summed E-state index contributed by atoms with van der Waals surface area (Å²) < 4.78 is 45.8. The molecular weight excluding hydrogens is 361 g/mol. The maximum absolute atomic E-state index is 13.7. The van der Waals surface area contributed by atoms with Crippen LogP contribution in [0.5, 0.6) is 0 Å². The minimum absolute atomic E-state index is 0.166. The third kappa shape index (κ3) is 3.24. The maximum Gasteiger partial charge on any atom is 0.243 e. The Morgan fingerprint density at radius 3 is 2.48 bits per heavy atom. The van der Waals surface area contributed by atoms with Gasteiger partial charge in [0.1, 0.15) is 0 Å². The number of carbonyl (C=O) groups is 1. The van der Waals surface area contributed by atoms with Crippen LogP contribution in [0.15, 0.2) is 17.1 Å². The average molecular weight is 382 g/mol. The molecule has 3 fully saturated rings. The topological polar surface area (TPSA) is 66.0 Å². The van der Waals surface area contributed by atoms with Crippen molar-refractivity contribution in [2.75, 3.05) is 32.0 Å². The van der Waals surface area contributed by atoms with Crippen LogP contribution in [0.1, 0.15) is 12.8 Å². The van der Waals surface area contributed by atoms with Gasteiger partial charge in [-0.3, -0.25) is 9.79 Å². The number of nitrogens with one attached hydrogen (secondary N) is 2. The fourth-order valence-corrected chi connectivity index (χ4v) is 4.44. The monoisotopic (exact) mass is 382 g/mol. The number of benzene rings is 1. The van der Waals surface area contributed by atoms with E-state index in [0.29, 0.717) is 30.0 Å². The van der Waals surface area contributed by atoms with Gasteiger partial charge < -0.3 is 20.3 Å². The quantitative estimate of drug-likeness (QED) is 0.475. The van der Waals surface area contributed by atoms with E-state index >= 15 is 0 Å². The molecule has 2 bridgehead atoms. The summed E-state index contributed by atoms with van der Waals surface area (Å²) in [7, 11) is 1.63. The van der Waals surface area contributed by atoms with Crippen molar-refractivity contribution < 1.29 is 22.7 Å². The summed E-state index contributed by atoms with van der Waals surface area (Å²) in [6, 6.07) is 1.75. The van der Waals surface area contributed by atoms with Gasteiger partial charge in [0, 0.05) is 32.0 Å². The lowest BCUT2D eigenvalue weighted by Crippen LogP contribution is -2.44. The summed E-state index contributed by atoms with van der Waals surface area (Å²) in [4.78, 5) is 18.4. The van der Waals surface area contributed by atoms with Crippen LogP contribution in [0.2, 0.25) is 0 Å². The Bertz CT molecular complexity index is 770. The van der Waals surface area contributed by atoms with Crippen molar-refractivity contribution in [3.63, 3.8) is 0 Å². The van der Waals surface area contributed by atoms with E-state index in [1.54, 1.807) is 7.05 Å². The molecule has 0 spiro atoms. The summed E-state index contributed by atoms with van der Waals surface area (Å²) in [6.07, 6.45) is 2.85. The fraction of sp³-hybridized carbons (Fsp3) is 0.556. The normalized spacial score (nSPS) is 29.2. The minimum atomic E-state index is -1.61. The Labute approximate surface area is 154 Å². The van der Waals surface area contributed by atoms with Crippen LogP contribution in [-0.2, 0) is 9.53 Å². The highest BCUT2D eigenvalue weighted by atomic mass is 19.2. The lowest BCUT2D eigenvalue weighted by atomic mass is 9.82. The Kier molecular flexibility index (Phi) is 4.71. The summed E-state index contributed by atoms with van der Waals surface area (Å²) >= 11 is 0. The molecule has 6 nitrogen and oxygen atoms in total. The van der Waals surface area contributed by atoms with Crippen molar-refractivity contribution >= 4 is 17.6 Å². The van der Waals surface area contributed by atoms with E-state index in [1.165, 1.54) is 0 Å². The molecule has 9 heteroatoms. The highest BCUT2D eigenvalue weighted by Crippen LogP contribution is 2.47. The van der Waals surface area contributed by atoms with Crippen molar-refractivity contribution in [2.24, 2.45) is 16.8 Å². The Balaban J connectivity index is 1.33. The number of likely N-dealkylation sites (tertiary alicyclic amines) is 1. The summed E-state index contributed by atoms with van der Waals surface area (Å²) in [5.41, 5.74) is -0.403. The Hall–Kier alpha value is -2.29. The second-order valence-electron chi connectivity index (χ2n) is 7.19. The Morgan fingerprint density at radius 2 is 1.85 bits per heavy atom. The zero-order chi connectivity index (χ0) is 19.1. The second-order valence-corrected chi connectivity index (χ2v) is 7.19. The molecule has 4 rings (SSSR count). The smallest absolute Gasteiger partial charge is 0.243 e. The van der Waals surface area contributed by atoms with Gasteiger partial charge in [-0.05, 0) is 25.0 Å². The first-order valence-electron chi connectivity index (χ1n) is 9.02. The first-order valence-corrected chi connectivity index (χ1v) is 9.02. The molecule has 1 aromatic rings. The number of halogens is 3. The van der Waals surface area contributed by atoms with Crippen molar-refractivity contribution in [1.82, 2.24) is 10.2 Å². The van der Waals surface area contributed by atoms with E-state index in [-0.39, 0.29) is 6.54 Å². The van der Waals surface area contributed by atoms with Crippen LogP contribution in [0.3, 0.4) is 0 Å². The van der Waals surface area contributed by atoms with E-state index in [9.17, 15) is 18.0 Å². The predicted molar refractivity (Wildman–Crippen MR) is 92.8 cm³/mol. The van der Waals surface area contributed by atoms with Gasteiger partial charge in [0.25, 0.3) is 0 Å². The SMILES string of the molecule is CN=C(NCC(=O)Nc1ccc(F)c(F)c1F)N1CC2C3CCC(O3)C2C1. The first-order chi connectivity index (χ1) is 13.0. The van der Waals surface area contributed by atoms with E-state index < -0.39 is 29.0 Å². The molecule has 0 saturated carbocycles. The molecule has 0 aliphatic carbocycles. The van der Waals surface area contributed by atoms with E-state index in [2.05, 4.69) is 20.5 Å². The van der Waals surface area contributed by atoms with Gasteiger partial charge in [-0.15, -0.1) is 0 Å². The molecule has 1 amide bonds. The number of hydrogen-bond donors (Lipinski definition) is 2. The first kappa shape index (κ1) is 18.1. The lowest BCUT2D eigenvalue weighted by molar-refractivity contribution is -0.115. The third-order valence-electron chi connectivity index (χ3n) is 5.68. The van der Waals surface area contributed by atoms with Crippen molar-refractivity contribution in [2.45, 2.75) is 25.0 Å². The number of amides is 1. The average Bonchev–Trinajstić information content (AvgIpc) is 3.36. The predicted octanol–water partition coefficient (Wildman–Crippen LogP) is 1.73. The highest BCUT2D eigenvalue weighted by molar-refractivity contribution is 5.95. The van der Waals surface area contributed by atoms with Crippen molar-refractivity contribution in [3.8, 4) is 0 Å². The molecule has 2 N–H and O–H groups in total. The number of ether oxygens (including phenoxy) is 1. The van der Waals surface area contributed by atoms with Gasteiger partial charge in [0.05, 0.1) is 24.4 Å². The van der Waals surface area contributed by atoms with Gasteiger partial charge in [0.2, 0.25) is 5.91 Å². The molecule has 4 unspecified atom stereocenters. The number of fused-ring (bicyclic) bond motifs is 5. The van der Waals surface area contributed by atoms with Gasteiger partial charge in [0.15, 0.2) is 23.4 Å². The molecule has 27 heavy (non-hydrogen) atoms. The standard InChI is InChI=1S/C18H21F3N4O2/c1-22-18(25-7-9-10(8-25)14-5-4-13(9)27-14)23-6-15(26)24-12-3-2-11(19)16(20)17(12)21/h2-3,9-10,13-14H,4-8H2,1H3,(H,22,23)(H,24,26). The minimum Gasteiger partial charge on any atom is -0.374 e. The van der Waals surface area contributed by atoms with Gasteiger partial charge in [-0.2, -0.15) is 0 Å². The third-order valence-corrected chi connectivity index (χ3v) is 5.68. The zero-order valence-electron chi connectivity index (χ0n) is 14.8. The van der Waals surface area contributed by atoms with Crippen LogP contribution < -0.4 is 10.6 Å². The number of carbonyl (C=O) groups excluding carboxylic acids is 1. The molecule has 1 aromatic carbocycles. The van der Waals surface area contributed by atoms with E-state index in [4.69, 9.17) is 4.74 Å². The molecule has 146 valence electrons. The summed E-state index contributed by atoms with van der Waals surface area (Å²) in [5, 5.41) is 5.18. The Morgan fingerprint density at radius 1 is 1.19 bits per heavy atom. The van der Waals surface area contributed by atoms with Crippen LogP contribution in [0.4, 0.5) is 18.9 Å². The van der Waals surface area contributed by atoms with Crippen LogP contribution in [0, 0.1) is 29.3 Å². The summed E-state index contributed by atoms with van der Waals surface area (Å²) in [6.45, 7) is 1.48. The van der Waals surface area contributed by atoms with Gasteiger partial charge in [-0.1, -0.05) is 0 Å². The van der Waals surface area contributed by atoms with Crippen molar-refractivity contribution in [3.05, 3.63) is 29.6 Å². The van der Waals surface area contributed by atoms with Crippen LogP contribution in [0.25, 0.3) is 0 Å². The largest absolute Gasteiger partial charge is 0.374 e. The van der Waals surface area contributed by atoms with Crippen molar-refractivity contribution in [1.29, 1.82) is 0 Å². The maximum atomic E-state index is 13.7. The highest BCUT2D eigenvalue weighted by Gasteiger charge is 2.53.